The van der Waals surface area contributed by atoms with Gasteiger partial charge in [0.05, 0.1) is 44.7 Å². The molecule has 3 N–H and O–H groups in total. The summed E-state index contributed by atoms with van der Waals surface area (Å²) in [5.74, 6) is 0. The summed E-state index contributed by atoms with van der Waals surface area (Å²) < 4.78 is 16.2. The number of hydrogen-bond donors (Lipinski definition) is 2. The summed E-state index contributed by atoms with van der Waals surface area (Å²) in [5, 5.41) is 8.77. The van der Waals surface area contributed by atoms with Gasteiger partial charge in [0.25, 0.3) is 0 Å². The van der Waals surface area contributed by atoms with Crippen LogP contribution in [-0.2, 0) is 14.2 Å². The molecule has 0 radical (unpaired) electrons. The minimum atomic E-state index is -0.142. The Hall–Kier alpha value is -0.200. The molecule has 0 saturated carbocycles. The van der Waals surface area contributed by atoms with Gasteiger partial charge in [0.2, 0.25) is 0 Å². The molecular formula is C11H25NO4. The first kappa shape index (κ1) is 15.8. The van der Waals surface area contributed by atoms with Crippen LogP contribution in [0, 0.1) is 0 Å². The van der Waals surface area contributed by atoms with Crippen LogP contribution in [0.4, 0.5) is 0 Å². The van der Waals surface area contributed by atoms with Gasteiger partial charge in [-0.1, -0.05) is 0 Å². The minimum absolute atomic E-state index is 0.00192. The molecule has 0 spiro atoms. The third kappa shape index (κ3) is 9.06. The van der Waals surface area contributed by atoms with Crippen molar-refractivity contribution in [2.24, 2.45) is 5.73 Å². The van der Waals surface area contributed by atoms with Gasteiger partial charge in [-0.3, -0.25) is 0 Å². The molecule has 3 unspecified atom stereocenters. The highest BCUT2D eigenvalue weighted by molar-refractivity contribution is 4.54. The van der Waals surface area contributed by atoms with Gasteiger partial charge >= 0.3 is 0 Å². The summed E-state index contributed by atoms with van der Waals surface area (Å²) in [4.78, 5) is 0. The lowest BCUT2D eigenvalue weighted by Crippen LogP contribution is -2.27. The Balaban J connectivity index is 3.45. The first-order valence-corrected chi connectivity index (χ1v) is 5.75. The number of rotatable bonds is 10. The maximum atomic E-state index is 8.77. The van der Waals surface area contributed by atoms with Gasteiger partial charge in [0.15, 0.2) is 0 Å². The average Bonchev–Trinajstić information content (AvgIpc) is 2.30. The fourth-order valence-corrected chi connectivity index (χ4v) is 1.02. The highest BCUT2D eigenvalue weighted by atomic mass is 16.6. The van der Waals surface area contributed by atoms with Crippen molar-refractivity contribution in [3.8, 4) is 0 Å². The van der Waals surface area contributed by atoms with E-state index in [1.54, 1.807) is 0 Å². The Kier molecular flexibility index (Phi) is 9.86. The van der Waals surface area contributed by atoms with Crippen molar-refractivity contribution in [3.63, 3.8) is 0 Å². The molecule has 16 heavy (non-hydrogen) atoms. The molecule has 0 fully saturated rings. The molecule has 0 bridgehead atoms. The van der Waals surface area contributed by atoms with Gasteiger partial charge in [-0.05, 0) is 20.8 Å². The molecule has 0 aromatic carbocycles. The van der Waals surface area contributed by atoms with Crippen molar-refractivity contribution in [2.75, 3.05) is 33.0 Å². The molecule has 0 aromatic heterocycles. The molecular weight excluding hydrogens is 210 g/mol. The van der Waals surface area contributed by atoms with Crippen LogP contribution in [0.25, 0.3) is 0 Å². The standard InChI is InChI=1S/C11H25NO4/c1-9(6-13)15-8-11(3)16-7-10(2)14-5-4-12/h9-11,13H,4-8,12H2,1-3H3. The van der Waals surface area contributed by atoms with Crippen molar-refractivity contribution in [1.82, 2.24) is 0 Å². The van der Waals surface area contributed by atoms with Crippen LogP contribution in [0.5, 0.6) is 0 Å². The van der Waals surface area contributed by atoms with Crippen molar-refractivity contribution < 1.29 is 19.3 Å². The predicted molar refractivity (Wildman–Crippen MR) is 62.4 cm³/mol. The highest BCUT2D eigenvalue weighted by Gasteiger charge is 2.08. The van der Waals surface area contributed by atoms with E-state index in [-0.39, 0.29) is 24.9 Å². The van der Waals surface area contributed by atoms with Crippen molar-refractivity contribution in [2.45, 2.75) is 39.1 Å². The lowest BCUT2D eigenvalue weighted by Gasteiger charge is -2.19. The average molecular weight is 235 g/mol. The van der Waals surface area contributed by atoms with Crippen LogP contribution in [0.15, 0.2) is 0 Å². The van der Waals surface area contributed by atoms with Crippen LogP contribution >= 0.6 is 0 Å². The van der Waals surface area contributed by atoms with Crippen LogP contribution in [-0.4, -0.2) is 56.4 Å². The van der Waals surface area contributed by atoms with Crippen molar-refractivity contribution >= 4 is 0 Å². The van der Waals surface area contributed by atoms with Gasteiger partial charge in [-0.15, -0.1) is 0 Å². The van der Waals surface area contributed by atoms with Gasteiger partial charge in [0.1, 0.15) is 0 Å². The van der Waals surface area contributed by atoms with Gasteiger partial charge in [-0.25, -0.2) is 0 Å². The quantitative estimate of drug-likeness (QED) is 0.564. The molecule has 0 aliphatic rings. The second-order valence-corrected chi connectivity index (χ2v) is 3.94. The maximum Gasteiger partial charge on any atom is 0.0781 e. The van der Waals surface area contributed by atoms with Gasteiger partial charge < -0.3 is 25.1 Å². The molecule has 0 aliphatic heterocycles. The summed E-state index contributed by atoms with van der Waals surface area (Å²) >= 11 is 0. The number of aliphatic hydroxyl groups is 1. The summed E-state index contributed by atoms with van der Waals surface area (Å²) in [6.45, 7) is 7.80. The molecule has 0 rings (SSSR count). The molecule has 0 aromatic rings. The van der Waals surface area contributed by atoms with Gasteiger partial charge in [0, 0.05) is 6.54 Å². The zero-order valence-corrected chi connectivity index (χ0v) is 10.5. The molecule has 0 heterocycles. The van der Waals surface area contributed by atoms with E-state index in [1.165, 1.54) is 0 Å². The molecule has 0 aliphatic carbocycles. The van der Waals surface area contributed by atoms with Crippen molar-refractivity contribution in [1.29, 1.82) is 0 Å². The molecule has 0 amide bonds. The second kappa shape index (κ2) is 9.99. The van der Waals surface area contributed by atoms with E-state index in [0.29, 0.717) is 26.4 Å². The maximum absolute atomic E-state index is 8.77. The van der Waals surface area contributed by atoms with E-state index < -0.39 is 0 Å². The summed E-state index contributed by atoms with van der Waals surface area (Å²) in [5.41, 5.74) is 5.32. The predicted octanol–water partition coefficient (Wildman–Crippen LogP) is 0.153. The van der Waals surface area contributed by atoms with Crippen LogP contribution in [0.2, 0.25) is 0 Å². The molecule has 0 saturated heterocycles. The fourth-order valence-electron chi connectivity index (χ4n) is 1.02. The van der Waals surface area contributed by atoms with E-state index in [0.717, 1.165) is 0 Å². The zero-order chi connectivity index (χ0) is 12.4. The Morgan fingerprint density at radius 2 is 1.44 bits per heavy atom. The number of ether oxygens (including phenoxy) is 3. The van der Waals surface area contributed by atoms with E-state index in [2.05, 4.69) is 0 Å². The van der Waals surface area contributed by atoms with Gasteiger partial charge in [-0.2, -0.15) is 0 Å². The van der Waals surface area contributed by atoms with Crippen LogP contribution < -0.4 is 5.73 Å². The molecule has 98 valence electrons. The normalized spacial score (nSPS) is 17.1. The van der Waals surface area contributed by atoms with Crippen molar-refractivity contribution in [3.05, 3.63) is 0 Å². The molecule has 5 heteroatoms. The van der Waals surface area contributed by atoms with E-state index in [9.17, 15) is 0 Å². The Labute approximate surface area is 97.9 Å². The Morgan fingerprint density at radius 1 is 0.938 bits per heavy atom. The zero-order valence-electron chi connectivity index (χ0n) is 10.5. The summed E-state index contributed by atoms with van der Waals surface area (Å²) in [6.07, 6.45) is -0.101. The van der Waals surface area contributed by atoms with E-state index in [4.69, 9.17) is 25.1 Å². The van der Waals surface area contributed by atoms with Crippen LogP contribution in [0.1, 0.15) is 20.8 Å². The highest BCUT2D eigenvalue weighted by Crippen LogP contribution is 1.99. The summed E-state index contributed by atoms with van der Waals surface area (Å²) in [7, 11) is 0. The third-order valence-electron chi connectivity index (χ3n) is 2.01. The van der Waals surface area contributed by atoms with E-state index in [1.807, 2.05) is 20.8 Å². The topological polar surface area (TPSA) is 73.9 Å². The number of hydrogen-bond acceptors (Lipinski definition) is 5. The fraction of sp³-hybridized carbons (Fsp3) is 1.00. The Morgan fingerprint density at radius 3 is 1.94 bits per heavy atom. The second-order valence-electron chi connectivity index (χ2n) is 3.94. The first-order chi connectivity index (χ1) is 7.60. The Bertz CT molecular complexity index is 157. The largest absolute Gasteiger partial charge is 0.394 e. The SMILES string of the molecule is CC(CO)OCC(C)OCC(C)OCCN. The third-order valence-corrected chi connectivity index (χ3v) is 2.01. The molecule has 3 atom stereocenters. The molecule has 5 nitrogen and oxygen atoms in total. The van der Waals surface area contributed by atoms with Crippen LogP contribution in [0.3, 0.4) is 0 Å². The number of nitrogens with two attached hydrogens (primary N) is 1. The summed E-state index contributed by atoms with van der Waals surface area (Å²) in [6, 6.07) is 0. The first-order valence-electron chi connectivity index (χ1n) is 5.75. The monoisotopic (exact) mass is 235 g/mol. The smallest absolute Gasteiger partial charge is 0.0781 e. The lowest BCUT2D eigenvalue weighted by molar-refractivity contribution is -0.0734. The van der Waals surface area contributed by atoms with E-state index >= 15 is 0 Å². The number of aliphatic hydroxyl groups excluding tert-OH is 1. The lowest BCUT2D eigenvalue weighted by atomic mass is 10.4. The minimum Gasteiger partial charge on any atom is -0.394 e.